The number of nitrogens with one attached hydrogen (secondary N) is 2. The average Bonchev–Trinajstić information content (AvgIpc) is 2.56. The number of hydrogen-bond acceptors (Lipinski definition) is 4. The van der Waals surface area contributed by atoms with Gasteiger partial charge in [0, 0.05) is 13.1 Å². The Morgan fingerprint density at radius 3 is 2.09 bits per heavy atom. The third kappa shape index (κ3) is 4.64. The average molecular weight is 320 g/mol. The van der Waals surface area contributed by atoms with Crippen molar-refractivity contribution in [2.24, 2.45) is 0 Å². The summed E-state index contributed by atoms with van der Waals surface area (Å²) >= 11 is 0. The topological polar surface area (TPSA) is 78.4 Å². The van der Waals surface area contributed by atoms with Crippen LogP contribution in [-0.2, 0) is 10.0 Å². The minimum Gasteiger partial charge on any atom is -0.394 e. The van der Waals surface area contributed by atoms with Crippen molar-refractivity contribution in [3.05, 3.63) is 66.2 Å². The molecular weight excluding hydrogens is 300 g/mol. The van der Waals surface area contributed by atoms with Crippen LogP contribution in [0.4, 0.5) is 0 Å². The Morgan fingerprint density at radius 1 is 0.909 bits per heavy atom. The van der Waals surface area contributed by atoms with Gasteiger partial charge in [0.05, 0.1) is 17.5 Å². The molecule has 0 aliphatic rings. The van der Waals surface area contributed by atoms with Gasteiger partial charge in [0.2, 0.25) is 10.0 Å². The Bertz CT molecular complexity index is 660. The van der Waals surface area contributed by atoms with Crippen LogP contribution in [0.15, 0.2) is 65.6 Å². The molecule has 118 valence electrons. The fourth-order valence-electron chi connectivity index (χ4n) is 2.09. The van der Waals surface area contributed by atoms with Gasteiger partial charge in [0.15, 0.2) is 0 Å². The first-order chi connectivity index (χ1) is 10.6. The van der Waals surface area contributed by atoms with Crippen molar-refractivity contribution in [1.82, 2.24) is 10.0 Å². The molecule has 5 nitrogen and oxygen atoms in total. The van der Waals surface area contributed by atoms with E-state index in [0.29, 0.717) is 6.54 Å². The quantitative estimate of drug-likeness (QED) is 0.641. The molecule has 3 N–H and O–H groups in total. The van der Waals surface area contributed by atoms with Crippen molar-refractivity contribution in [1.29, 1.82) is 0 Å². The van der Waals surface area contributed by atoms with Gasteiger partial charge in [-0.15, -0.1) is 0 Å². The standard InChI is InChI=1S/C16H20N2O3S/c19-13-16(14-7-3-1-4-8-14)17-11-12-18-22(20,21)15-9-5-2-6-10-15/h1-10,16-19H,11-13H2. The van der Waals surface area contributed by atoms with E-state index in [4.69, 9.17) is 0 Å². The number of aliphatic hydroxyl groups excluding tert-OH is 1. The van der Waals surface area contributed by atoms with Crippen LogP contribution in [0.5, 0.6) is 0 Å². The SMILES string of the molecule is O=S(=O)(NCCNC(CO)c1ccccc1)c1ccccc1. The Kier molecular flexibility index (Phi) is 6.09. The minimum atomic E-state index is -3.48. The van der Waals surface area contributed by atoms with E-state index in [-0.39, 0.29) is 24.1 Å². The van der Waals surface area contributed by atoms with Crippen LogP contribution in [-0.4, -0.2) is 33.2 Å². The summed E-state index contributed by atoms with van der Waals surface area (Å²) in [6, 6.07) is 17.6. The Hall–Kier alpha value is -1.73. The molecule has 0 spiro atoms. The molecule has 1 atom stereocenters. The molecule has 2 rings (SSSR count). The van der Waals surface area contributed by atoms with Crippen molar-refractivity contribution in [2.75, 3.05) is 19.7 Å². The molecule has 0 aromatic heterocycles. The van der Waals surface area contributed by atoms with E-state index in [9.17, 15) is 13.5 Å². The van der Waals surface area contributed by atoms with Gasteiger partial charge in [-0.2, -0.15) is 0 Å². The smallest absolute Gasteiger partial charge is 0.240 e. The summed E-state index contributed by atoms with van der Waals surface area (Å²) in [6.45, 7) is 0.627. The van der Waals surface area contributed by atoms with Crippen LogP contribution >= 0.6 is 0 Å². The zero-order valence-electron chi connectivity index (χ0n) is 12.1. The summed E-state index contributed by atoms with van der Waals surface area (Å²) in [5.41, 5.74) is 0.968. The van der Waals surface area contributed by atoms with Crippen LogP contribution < -0.4 is 10.0 Å². The van der Waals surface area contributed by atoms with Crippen LogP contribution in [0, 0.1) is 0 Å². The van der Waals surface area contributed by atoms with Gasteiger partial charge in [-0.1, -0.05) is 48.5 Å². The van der Waals surface area contributed by atoms with Crippen LogP contribution in [0.2, 0.25) is 0 Å². The third-order valence-electron chi connectivity index (χ3n) is 3.25. The first-order valence-corrected chi connectivity index (χ1v) is 8.56. The molecular formula is C16H20N2O3S. The lowest BCUT2D eigenvalue weighted by Crippen LogP contribution is -2.34. The summed E-state index contributed by atoms with van der Waals surface area (Å²) in [5, 5.41) is 12.5. The van der Waals surface area contributed by atoms with Gasteiger partial charge in [0.1, 0.15) is 0 Å². The van der Waals surface area contributed by atoms with E-state index in [0.717, 1.165) is 5.56 Å². The van der Waals surface area contributed by atoms with Gasteiger partial charge in [0.25, 0.3) is 0 Å². The fraction of sp³-hybridized carbons (Fsp3) is 0.250. The molecule has 1 unspecified atom stereocenters. The van der Waals surface area contributed by atoms with Crippen molar-refractivity contribution >= 4 is 10.0 Å². The van der Waals surface area contributed by atoms with Crippen LogP contribution in [0.3, 0.4) is 0 Å². The van der Waals surface area contributed by atoms with Crippen LogP contribution in [0.25, 0.3) is 0 Å². The van der Waals surface area contributed by atoms with Crippen molar-refractivity contribution in [3.8, 4) is 0 Å². The number of rotatable bonds is 8. The first-order valence-electron chi connectivity index (χ1n) is 7.07. The Morgan fingerprint density at radius 2 is 1.50 bits per heavy atom. The van der Waals surface area contributed by atoms with E-state index >= 15 is 0 Å². The van der Waals surface area contributed by atoms with Crippen molar-refractivity contribution < 1.29 is 13.5 Å². The highest BCUT2D eigenvalue weighted by molar-refractivity contribution is 7.89. The maximum absolute atomic E-state index is 12.0. The fourth-order valence-corrected chi connectivity index (χ4v) is 3.14. The highest BCUT2D eigenvalue weighted by atomic mass is 32.2. The van der Waals surface area contributed by atoms with Gasteiger partial charge in [-0.3, -0.25) is 0 Å². The molecule has 0 saturated heterocycles. The molecule has 2 aromatic rings. The monoisotopic (exact) mass is 320 g/mol. The van der Waals surface area contributed by atoms with Gasteiger partial charge >= 0.3 is 0 Å². The highest BCUT2D eigenvalue weighted by Crippen LogP contribution is 2.11. The zero-order chi connectivity index (χ0) is 15.8. The van der Waals surface area contributed by atoms with E-state index in [1.807, 2.05) is 30.3 Å². The second-order valence-electron chi connectivity index (χ2n) is 4.81. The summed E-state index contributed by atoms with van der Waals surface area (Å²) in [5.74, 6) is 0. The first kappa shape index (κ1) is 16.6. The largest absolute Gasteiger partial charge is 0.394 e. The number of benzene rings is 2. The molecule has 6 heteroatoms. The zero-order valence-corrected chi connectivity index (χ0v) is 13.0. The van der Waals surface area contributed by atoms with Crippen molar-refractivity contribution in [3.63, 3.8) is 0 Å². The maximum Gasteiger partial charge on any atom is 0.240 e. The maximum atomic E-state index is 12.0. The molecule has 0 bridgehead atoms. The summed E-state index contributed by atoms with van der Waals surface area (Å²) in [7, 11) is -3.48. The molecule has 0 fully saturated rings. The highest BCUT2D eigenvalue weighted by Gasteiger charge is 2.13. The molecule has 2 aromatic carbocycles. The van der Waals surface area contributed by atoms with Crippen molar-refractivity contribution in [2.45, 2.75) is 10.9 Å². The van der Waals surface area contributed by atoms with Gasteiger partial charge in [-0.05, 0) is 17.7 Å². The second kappa shape index (κ2) is 8.05. The number of sulfonamides is 1. The Balaban J connectivity index is 1.84. The number of hydrogen-bond donors (Lipinski definition) is 3. The normalized spacial score (nSPS) is 13.0. The predicted octanol–water partition coefficient (Wildman–Crippen LogP) is 1.29. The summed E-state index contributed by atoms with van der Waals surface area (Å²) in [4.78, 5) is 0.247. The molecule has 22 heavy (non-hydrogen) atoms. The second-order valence-corrected chi connectivity index (χ2v) is 6.58. The lowest BCUT2D eigenvalue weighted by molar-refractivity contribution is 0.245. The summed E-state index contributed by atoms with van der Waals surface area (Å²) in [6.07, 6.45) is 0. The van der Waals surface area contributed by atoms with E-state index in [1.54, 1.807) is 30.3 Å². The van der Waals surface area contributed by atoms with Gasteiger partial charge in [-0.25, -0.2) is 13.1 Å². The molecule has 0 radical (unpaired) electrons. The molecule has 0 aliphatic heterocycles. The lowest BCUT2D eigenvalue weighted by Gasteiger charge is -2.16. The van der Waals surface area contributed by atoms with E-state index in [2.05, 4.69) is 10.0 Å². The van der Waals surface area contributed by atoms with E-state index in [1.165, 1.54) is 0 Å². The minimum absolute atomic E-state index is 0.0462. The van der Waals surface area contributed by atoms with Gasteiger partial charge < -0.3 is 10.4 Å². The predicted molar refractivity (Wildman–Crippen MR) is 85.9 cm³/mol. The molecule has 0 amide bonds. The summed E-state index contributed by atoms with van der Waals surface area (Å²) < 4.78 is 26.6. The molecule has 0 aliphatic carbocycles. The molecule has 0 heterocycles. The van der Waals surface area contributed by atoms with E-state index < -0.39 is 10.0 Å². The molecule has 0 saturated carbocycles. The lowest BCUT2D eigenvalue weighted by atomic mass is 10.1. The van der Waals surface area contributed by atoms with Crippen LogP contribution in [0.1, 0.15) is 11.6 Å². The third-order valence-corrected chi connectivity index (χ3v) is 4.72. The Labute approximate surface area is 131 Å². The number of aliphatic hydroxyl groups is 1.